The molecule has 0 saturated heterocycles. The minimum absolute atomic E-state index is 0.0695. The molecular formula is C12H12O3. The number of ketones is 1. The molecule has 15 heavy (non-hydrogen) atoms. The summed E-state index contributed by atoms with van der Waals surface area (Å²) >= 11 is 0. The summed E-state index contributed by atoms with van der Waals surface area (Å²) in [5.74, 6) is 1.35. The van der Waals surface area contributed by atoms with Crippen molar-refractivity contribution in [1.29, 1.82) is 0 Å². The summed E-state index contributed by atoms with van der Waals surface area (Å²) in [6, 6.07) is 5.23. The standard InChI is InChI=1S/C12H12O3/c1-3-8-7-11(13)10-6-9(14-2)4-5-12(10)15-8/h3-6,8H,1,7H2,2H3. The molecule has 3 heteroatoms. The second kappa shape index (κ2) is 3.77. The molecule has 1 aromatic carbocycles. The van der Waals surface area contributed by atoms with Gasteiger partial charge in [0.15, 0.2) is 5.78 Å². The van der Waals surface area contributed by atoms with Gasteiger partial charge < -0.3 is 9.47 Å². The highest BCUT2D eigenvalue weighted by Crippen LogP contribution is 2.30. The number of fused-ring (bicyclic) bond motifs is 1. The highest BCUT2D eigenvalue weighted by Gasteiger charge is 2.24. The van der Waals surface area contributed by atoms with Crippen LogP contribution in [0.5, 0.6) is 11.5 Å². The molecule has 0 amide bonds. The van der Waals surface area contributed by atoms with Gasteiger partial charge in [0.25, 0.3) is 0 Å². The molecule has 0 spiro atoms. The number of carbonyl (C=O) groups is 1. The first-order chi connectivity index (χ1) is 7.24. The van der Waals surface area contributed by atoms with E-state index in [1.807, 2.05) is 0 Å². The normalized spacial score (nSPS) is 19.0. The molecule has 1 aliphatic heterocycles. The summed E-state index contributed by atoms with van der Waals surface area (Å²) in [5, 5.41) is 0. The van der Waals surface area contributed by atoms with E-state index in [0.29, 0.717) is 23.5 Å². The first-order valence-electron chi connectivity index (χ1n) is 4.75. The molecule has 3 nitrogen and oxygen atoms in total. The average Bonchev–Trinajstić information content (AvgIpc) is 2.28. The zero-order valence-electron chi connectivity index (χ0n) is 8.53. The summed E-state index contributed by atoms with van der Waals surface area (Å²) in [5.41, 5.74) is 0.590. The number of rotatable bonds is 2. The molecule has 0 radical (unpaired) electrons. The van der Waals surface area contributed by atoms with E-state index in [-0.39, 0.29) is 11.9 Å². The van der Waals surface area contributed by atoms with Crippen LogP contribution in [0.3, 0.4) is 0 Å². The van der Waals surface area contributed by atoms with Crippen molar-refractivity contribution in [2.24, 2.45) is 0 Å². The number of methoxy groups -OCH3 is 1. The van der Waals surface area contributed by atoms with Crippen molar-refractivity contribution in [2.75, 3.05) is 7.11 Å². The van der Waals surface area contributed by atoms with Crippen LogP contribution in [-0.2, 0) is 0 Å². The quantitative estimate of drug-likeness (QED) is 0.693. The minimum Gasteiger partial charge on any atom is -0.497 e. The maximum Gasteiger partial charge on any atom is 0.170 e. The lowest BCUT2D eigenvalue weighted by Gasteiger charge is -2.22. The van der Waals surface area contributed by atoms with Crippen LogP contribution in [0.4, 0.5) is 0 Å². The Morgan fingerprint density at radius 3 is 3.07 bits per heavy atom. The topological polar surface area (TPSA) is 35.5 Å². The van der Waals surface area contributed by atoms with Crippen LogP contribution >= 0.6 is 0 Å². The van der Waals surface area contributed by atoms with Crippen molar-refractivity contribution in [2.45, 2.75) is 12.5 Å². The van der Waals surface area contributed by atoms with Crippen molar-refractivity contribution < 1.29 is 14.3 Å². The van der Waals surface area contributed by atoms with Crippen LogP contribution in [0, 0.1) is 0 Å². The van der Waals surface area contributed by atoms with Gasteiger partial charge >= 0.3 is 0 Å². The Bertz CT molecular complexity index is 409. The maximum absolute atomic E-state index is 11.7. The number of hydrogen-bond donors (Lipinski definition) is 0. The first kappa shape index (κ1) is 9.77. The third-order valence-corrected chi connectivity index (χ3v) is 2.41. The summed E-state index contributed by atoms with van der Waals surface area (Å²) in [7, 11) is 1.57. The molecule has 1 aromatic rings. The first-order valence-corrected chi connectivity index (χ1v) is 4.75. The maximum atomic E-state index is 11.7. The Morgan fingerprint density at radius 2 is 2.40 bits per heavy atom. The molecular weight excluding hydrogens is 192 g/mol. The van der Waals surface area contributed by atoms with Crippen molar-refractivity contribution in [3.05, 3.63) is 36.4 Å². The molecule has 78 valence electrons. The highest BCUT2D eigenvalue weighted by atomic mass is 16.5. The molecule has 0 aromatic heterocycles. The molecule has 1 atom stereocenters. The van der Waals surface area contributed by atoms with E-state index >= 15 is 0 Å². The molecule has 2 rings (SSSR count). The molecule has 1 heterocycles. The fraction of sp³-hybridized carbons (Fsp3) is 0.250. The van der Waals surface area contributed by atoms with Gasteiger partial charge in [-0.05, 0) is 18.2 Å². The van der Waals surface area contributed by atoms with Gasteiger partial charge in [-0.15, -0.1) is 0 Å². The molecule has 0 aliphatic carbocycles. The second-order valence-electron chi connectivity index (χ2n) is 3.38. The molecule has 1 unspecified atom stereocenters. The van der Waals surface area contributed by atoms with Crippen LogP contribution in [-0.4, -0.2) is 19.0 Å². The Kier molecular flexibility index (Phi) is 2.46. The van der Waals surface area contributed by atoms with E-state index in [1.54, 1.807) is 31.4 Å². The van der Waals surface area contributed by atoms with Gasteiger partial charge in [-0.3, -0.25) is 4.79 Å². The Hall–Kier alpha value is -1.77. The van der Waals surface area contributed by atoms with E-state index in [0.717, 1.165) is 0 Å². The lowest BCUT2D eigenvalue weighted by Crippen LogP contribution is -2.24. The summed E-state index contributed by atoms with van der Waals surface area (Å²) < 4.78 is 10.6. The highest BCUT2D eigenvalue weighted by molar-refractivity contribution is 6.00. The Balaban J connectivity index is 2.40. The zero-order chi connectivity index (χ0) is 10.8. The zero-order valence-corrected chi connectivity index (χ0v) is 8.53. The van der Waals surface area contributed by atoms with Crippen LogP contribution in [0.2, 0.25) is 0 Å². The summed E-state index contributed by atoms with van der Waals surface area (Å²) in [6.45, 7) is 3.62. The minimum atomic E-state index is -0.210. The molecule has 0 bridgehead atoms. The lowest BCUT2D eigenvalue weighted by molar-refractivity contribution is 0.0893. The van der Waals surface area contributed by atoms with Gasteiger partial charge in [0.2, 0.25) is 0 Å². The molecule has 1 aliphatic rings. The number of benzene rings is 1. The SMILES string of the molecule is C=CC1CC(=O)c2cc(OC)ccc2O1. The van der Waals surface area contributed by atoms with E-state index in [2.05, 4.69) is 6.58 Å². The van der Waals surface area contributed by atoms with Gasteiger partial charge in [-0.25, -0.2) is 0 Å². The second-order valence-corrected chi connectivity index (χ2v) is 3.38. The van der Waals surface area contributed by atoms with Crippen molar-refractivity contribution >= 4 is 5.78 Å². The van der Waals surface area contributed by atoms with E-state index in [1.165, 1.54) is 0 Å². The van der Waals surface area contributed by atoms with Crippen LogP contribution in [0.15, 0.2) is 30.9 Å². The van der Waals surface area contributed by atoms with Gasteiger partial charge in [0.05, 0.1) is 19.1 Å². The largest absolute Gasteiger partial charge is 0.497 e. The molecule has 0 saturated carbocycles. The fourth-order valence-corrected chi connectivity index (χ4v) is 1.59. The van der Waals surface area contributed by atoms with Crippen molar-refractivity contribution in [3.8, 4) is 11.5 Å². The molecule has 0 fully saturated rings. The number of hydrogen-bond acceptors (Lipinski definition) is 3. The number of carbonyl (C=O) groups excluding carboxylic acids is 1. The summed E-state index contributed by atoms with van der Waals surface area (Å²) in [4.78, 5) is 11.7. The van der Waals surface area contributed by atoms with Crippen LogP contribution < -0.4 is 9.47 Å². The molecule has 0 N–H and O–H groups in total. The predicted molar refractivity (Wildman–Crippen MR) is 56.6 cm³/mol. The Morgan fingerprint density at radius 1 is 1.60 bits per heavy atom. The average molecular weight is 204 g/mol. The summed E-state index contributed by atoms with van der Waals surface area (Å²) in [6.07, 6.45) is 1.78. The van der Waals surface area contributed by atoms with E-state index in [4.69, 9.17) is 9.47 Å². The third kappa shape index (κ3) is 1.73. The van der Waals surface area contributed by atoms with Gasteiger partial charge in [0, 0.05) is 0 Å². The van der Waals surface area contributed by atoms with Crippen LogP contribution in [0.1, 0.15) is 16.8 Å². The van der Waals surface area contributed by atoms with Crippen molar-refractivity contribution in [1.82, 2.24) is 0 Å². The van der Waals surface area contributed by atoms with Gasteiger partial charge in [-0.2, -0.15) is 0 Å². The monoisotopic (exact) mass is 204 g/mol. The third-order valence-electron chi connectivity index (χ3n) is 2.41. The Labute approximate surface area is 88.3 Å². The van der Waals surface area contributed by atoms with Gasteiger partial charge in [0.1, 0.15) is 17.6 Å². The number of ether oxygens (including phenoxy) is 2. The van der Waals surface area contributed by atoms with E-state index in [9.17, 15) is 4.79 Å². The van der Waals surface area contributed by atoms with E-state index < -0.39 is 0 Å². The van der Waals surface area contributed by atoms with Crippen molar-refractivity contribution in [3.63, 3.8) is 0 Å². The smallest absolute Gasteiger partial charge is 0.170 e. The fourth-order valence-electron chi connectivity index (χ4n) is 1.59. The van der Waals surface area contributed by atoms with Gasteiger partial charge in [-0.1, -0.05) is 12.7 Å². The number of Topliss-reactive ketones (excluding diaryl/α,β-unsaturated/α-hetero) is 1. The van der Waals surface area contributed by atoms with Crippen LogP contribution in [0.25, 0.3) is 0 Å². The predicted octanol–water partition coefficient (Wildman–Crippen LogP) is 2.21. The lowest BCUT2D eigenvalue weighted by atomic mass is 10.0.